The Bertz CT molecular complexity index is 394. The molecule has 2 heteroatoms. The van der Waals surface area contributed by atoms with Gasteiger partial charge in [0, 0.05) is 0 Å². The van der Waals surface area contributed by atoms with Gasteiger partial charge in [-0.1, -0.05) is 175 Å². The number of rotatable bonds is 33. The standard InChI is InChI=1S/C36H76N2/c1-4-7-10-13-17-22-29-36(30-23-18-14-11-8-5-2)31-24-19-16-21-27-34-38(35-28-25-32-37)33-26-20-15-12-9-6-3/h36H,4-35,37H2,1-3H3. The molecule has 2 N–H and O–H groups in total. The molecular weight excluding hydrogens is 460 g/mol. The smallest absolute Gasteiger partial charge is 0.00183 e. The molecule has 0 aromatic heterocycles. The highest BCUT2D eigenvalue weighted by molar-refractivity contribution is 4.63. The van der Waals surface area contributed by atoms with Gasteiger partial charge in [-0.05, 0) is 57.8 Å². The molecule has 0 radical (unpaired) electrons. The van der Waals surface area contributed by atoms with Gasteiger partial charge < -0.3 is 10.6 Å². The van der Waals surface area contributed by atoms with Crippen LogP contribution in [0.4, 0.5) is 0 Å². The van der Waals surface area contributed by atoms with Crippen LogP contribution < -0.4 is 5.73 Å². The second kappa shape index (κ2) is 33.1. The first-order valence-electron chi connectivity index (χ1n) is 18.2. The Labute approximate surface area is 243 Å². The summed E-state index contributed by atoms with van der Waals surface area (Å²) in [5.41, 5.74) is 5.76. The maximum Gasteiger partial charge on any atom is -0.00183 e. The van der Waals surface area contributed by atoms with E-state index in [-0.39, 0.29) is 0 Å². The van der Waals surface area contributed by atoms with E-state index < -0.39 is 0 Å². The van der Waals surface area contributed by atoms with Gasteiger partial charge >= 0.3 is 0 Å². The molecule has 0 saturated heterocycles. The molecule has 230 valence electrons. The van der Waals surface area contributed by atoms with E-state index in [1.807, 2.05) is 0 Å². The molecule has 0 bridgehead atoms. The molecule has 0 aliphatic carbocycles. The van der Waals surface area contributed by atoms with E-state index in [1.54, 1.807) is 0 Å². The Balaban J connectivity index is 4.08. The minimum atomic E-state index is 0.851. The van der Waals surface area contributed by atoms with Crippen LogP contribution in [-0.2, 0) is 0 Å². The van der Waals surface area contributed by atoms with E-state index >= 15 is 0 Å². The van der Waals surface area contributed by atoms with E-state index in [2.05, 4.69) is 25.7 Å². The van der Waals surface area contributed by atoms with Crippen molar-refractivity contribution < 1.29 is 0 Å². The van der Waals surface area contributed by atoms with Gasteiger partial charge in [0.05, 0.1) is 0 Å². The summed E-state index contributed by atoms with van der Waals surface area (Å²) in [5, 5.41) is 0. The fraction of sp³-hybridized carbons (Fsp3) is 1.00. The summed E-state index contributed by atoms with van der Waals surface area (Å²) in [4.78, 5) is 2.76. The van der Waals surface area contributed by atoms with Crippen molar-refractivity contribution in [2.24, 2.45) is 11.7 Å². The number of unbranched alkanes of at least 4 members (excludes halogenated alkanes) is 20. The molecule has 0 atom stereocenters. The van der Waals surface area contributed by atoms with Crippen molar-refractivity contribution >= 4 is 0 Å². The number of nitrogens with two attached hydrogens (primary N) is 1. The molecule has 0 aliphatic heterocycles. The summed E-state index contributed by atoms with van der Waals surface area (Å²) >= 11 is 0. The molecule has 0 saturated carbocycles. The first kappa shape index (κ1) is 37.9. The Morgan fingerprint density at radius 2 is 0.658 bits per heavy atom. The SMILES string of the molecule is CCCCCCCCC(CCCCCCCC)CCCCCCCN(CCCCN)CCCCCCCC. The van der Waals surface area contributed by atoms with Crippen molar-refractivity contribution in [2.75, 3.05) is 26.2 Å². The topological polar surface area (TPSA) is 29.3 Å². The lowest BCUT2D eigenvalue weighted by Gasteiger charge is -2.22. The normalized spacial score (nSPS) is 11.8. The summed E-state index contributed by atoms with van der Waals surface area (Å²) in [6.07, 6.45) is 40.1. The van der Waals surface area contributed by atoms with Crippen molar-refractivity contribution in [3.63, 3.8) is 0 Å². The molecule has 0 spiro atoms. The number of nitrogens with zero attached hydrogens (tertiary/aromatic N) is 1. The number of hydrogen-bond donors (Lipinski definition) is 1. The molecule has 2 nitrogen and oxygen atoms in total. The van der Waals surface area contributed by atoms with Crippen molar-refractivity contribution in [3.05, 3.63) is 0 Å². The van der Waals surface area contributed by atoms with Gasteiger partial charge in [-0.2, -0.15) is 0 Å². The second-order valence-corrected chi connectivity index (χ2v) is 12.6. The Kier molecular flexibility index (Phi) is 33.1. The molecule has 0 rings (SSSR count). The van der Waals surface area contributed by atoms with Crippen LogP contribution in [0.25, 0.3) is 0 Å². The zero-order chi connectivity index (χ0) is 27.8. The molecule has 0 aromatic carbocycles. The van der Waals surface area contributed by atoms with Crippen LogP contribution in [0.3, 0.4) is 0 Å². The van der Waals surface area contributed by atoms with Crippen molar-refractivity contribution in [1.29, 1.82) is 0 Å². The Morgan fingerprint density at radius 1 is 0.368 bits per heavy atom. The summed E-state index contributed by atoms with van der Waals surface area (Å²) in [5.74, 6) is 1.02. The summed E-state index contributed by atoms with van der Waals surface area (Å²) in [7, 11) is 0. The molecule has 0 aromatic rings. The molecular formula is C36H76N2. The average molecular weight is 537 g/mol. The first-order chi connectivity index (χ1) is 18.8. The third-order valence-corrected chi connectivity index (χ3v) is 8.77. The van der Waals surface area contributed by atoms with Gasteiger partial charge in [0.1, 0.15) is 0 Å². The van der Waals surface area contributed by atoms with E-state index in [0.717, 1.165) is 12.5 Å². The maximum atomic E-state index is 5.76. The van der Waals surface area contributed by atoms with Crippen LogP contribution >= 0.6 is 0 Å². The van der Waals surface area contributed by atoms with Gasteiger partial charge in [0.2, 0.25) is 0 Å². The average Bonchev–Trinajstić information content (AvgIpc) is 2.93. The largest absolute Gasteiger partial charge is 0.330 e. The Morgan fingerprint density at radius 3 is 1.00 bits per heavy atom. The zero-order valence-corrected chi connectivity index (χ0v) is 27.2. The van der Waals surface area contributed by atoms with E-state index in [0.29, 0.717) is 0 Å². The van der Waals surface area contributed by atoms with E-state index in [1.165, 1.54) is 199 Å². The van der Waals surface area contributed by atoms with Crippen LogP contribution in [0, 0.1) is 5.92 Å². The summed E-state index contributed by atoms with van der Waals surface area (Å²) in [6.45, 7) is 11.7. The summed E-state index contributed by atoms with van der Waals surface area (Å²) in [6, 6.07) is 0. The lowest BCUT2D eigenvalue weighted by molar-refractivity contribution is 0.255. The predicted molar refractivity (Wildman–Crippen MR) is 175 cm³/mol. The quantitative estimate of drug-likeness (QED) is 0.0845. The molecule has 0 amide bonds. The highest BCUT2D eigenvalue weighted by atomic mass is 15.1. The lowest BCUT2D eigenvalue weighted by Crippen LogP contribution is -2.27. The van der Waals surface area contributed by atoms with Crippen LogP contribution in [0.5, 0.6) is 0 Å². The van der Waals surface area contributed by atoms with Gasteiger partial charge in [0.15, 0.2) is 0 Å². The van der Waals surface area contributed by atoms with Crippen LogP contribution in [-0.4, -0.2) is 31.1 Å². The van der Waals surface area contributed by atoms with Gasteiger partial charge in [-0.3, -0.25) is 0 Å². The molecule has 0 heterocycles. The minimum Gasteiger partial charge on any atom is -0.330 e. The first-order valence-corrected chi connectivity index (χ1v) is 18.2. The van der Waals surface area contributed by atoms with Crippen LogP contribution in [0.2, 0.25) is 0 Å². The minimum absolute atomic E-state index is 0.851. The molecule has 38 heavy (non-hydrogen) atoms. The van der Waals surface area contributed by atoms with E-state index in [4.69, 9.17) is 5.73 Å². The van der Waals surface area contributed by atoms with Gasteiger partial charge in [-0.15, -0.1) is 0 Å². The number of hydrogen-bond acceptors (Lipinski definition) is 2. The highest BCUT2D eigenvalue weighted by Crippen LogP contribution is 2.24. The predicted octanol–water partition coefficient (Wildman–Crippen LogP) is 11.8. The Hall–Kier alpha value is -0.0800. The maximum absolute atomic E-state index is 5.76. The lowest BCUT2D eigenvalue weighted by atomic mass is 9.89. The fourth-order valence-electron chi connectivity index (χ4n) is 6.09. The summed E-state index contributed by atoms with van der Waals surface area (Å²) < 4.78 is 0. The third kappa shape index (κ3) is 28.9. The molecule has 0 aliphatic rings. The van der Waals surface area contributed by atoms with Crippen molar-refractivity contribution in [3.8, 4) is 0 Å². The van der Waals surface area contributed by atoms with Crippen LogP contribution in [0.15, 0.2) is 0 Å². The second-order valence-electron chi connectivity index (χ2n) is 12.6. The van der Waals surface area contributed by atoms with Gasteiger partial charge in [0.25, 0.3) is 0 Å². The molecule has 0 unspecified atom stereocenters. The zero-order valence-electron chi connectivity index (χ0n) is 27.2. The monoisotopic (exact) mass is 537 g/mol. The third-order valence-electron chi connectivity index (χ3n) is 8.77. The van der Waals surface area contributed by atoms with Gasteiger partial charge in [-0.25, -0.2) is 0 Å². The van der Waals surface area contributed by atoms with Crippen LogP contribution in [0.1, 0.15) is 201 Å². The van der Waals surface area contributed by atoms with E-state index in [9.17, 15) is 0 Å². The fourth-order valence-corrected chi connectivity index (χ4v) is 6.09. The van der Waals surface area contributed by atoms with Crippen molar-refractivity contribution in [2.45, 2.75) is 201 Å². The van der Waals surface area contributed by atoms with Crippen molar-refractivity contribution in [1.82, 2.24) is 4.90 Å². The highest BCUT2D eigenvalue weighted by Gasteiger charge is 2.09. The molecule has 0 fully saturated rings.